The largest absolute Gasteiger partial charge is 0.302 e. The number of Topliss-reactive ketones (excluding diaryl/α,β-unsaturated/α-hetero) is 1. The summed E-state index contributed by atoms with van der Waals surface area (Å²) in [6, 6.07) is 0. The van der Waals surface area contributed by atoms with Gasteiger partial charge in [-0.05, 0) is 66.6 Å². The molecule has 0 spiro atoms. The highest BCUT2D eigenvalue weighted by atomic mass is 16.1. The molecular formula is C24H40N2O. The third-order valence-electron chi connectivity index (χ3n) is 9.68. The summed E-state index contributed by atoms with van der Waals surface area (Å²) in [6.07, 6.45) is 6.98. The van der Waals surface area contributed by atoms with Crippen molar-refractivity contribution in [3.05, 3.63) is 0 Å². The Morgan fingerprint density at radius 3 is 1.63 bits per heavy atom. The fraction of sp³-hybridized carbons (Fsp3) is 0.958. The van der Waals surface area contributed by atoms with Gasteiger partial charge in [-0.2, -0.15) is 0 Å². The summed E-state index contributed by atoms with van der Waals surface area (Å²) < 4.78 is 0. The highest BCUT2D eigenvalue weighted by Gasteiger charge is 2.55. The molecule has 6 saturated heterocycles. The molecule has 152 valence electrons. The van der Waals surface area contributed by atoms with Gasteiger partial charge in [-0.15, -0.1) is 0 Å². The number of rotatable bonds is 2. The topological polar surface area (TPSA) is 23.6 Å². The lowest BCUT2D eigenvalue weighted by molar-refractivity contribution is -0.155. The minimum atomic E-state index is 0.388. The lowest BCUT2D eigenvalue weighted by atomic mass is 9.55. The molecule has 4 unspecified atom stereocenters. The molecule has 6 heterocycles. The van der Waals surface area contributed by atoms with E-state index in [0.29, 0.717) is 23.0 Å². The van der Waals surface area contributed by atoms with Crippen molar-refractivity contribution in [3.63, 3.8) is 0 Å². The van der Waals surface area contributed by atoms with Crippen LogP contribution in [-0.4, -0.2) is 54.9 Å². The zero-order chi connectivity index (χ0) is 19.0. The quantitative estimate of drug-likeness (QED) is 0.734. The SMILES string of the molecule is CC(C)C12CC3CC(CN(C3)C1)C2.CC(C)C12CC3CN(CC(C1)C3=O)C2. The van der Waals surface area contributed by atoms with Crippen molar-refractivity contribution in [2.75, 3.05) is 39.3 Å². The van der Waals surface area contributed by atoms with E-state index in [1.165, 1.54) is 51.9 Å². The van der Waals surface area contributed by atoms with Gasteiger partial charge in [0, 0.05) is 51.1 Å². The van der Waals surface area contributed by atoms with E-state index in [1.54, 1.807) is 6.42 Å². The number of hydrogen-bond acceptors (Lipinski definition) is 3. The van der Waals surface area contributed by atoms with Gasteiger partial charge in [0.1, 0.15) is 5.78 Å². The Balaban J connectivity index is 0.000000119. The summed E-state index contributed by atoms with van der Waals surface area (Å²) in [4.78, 5) is 17.2. The molecule has 0 amide bonds. The molecule has 0 aromatic carbocycles. The van der Waals surface area contributed by atoms with Gasteiger partial charge < -0.3 is 9.80 Å². The van der Waals surface area contributed by atoms with E-state index in [-0.39, 0.29) is 0 Å². The van der Waals surface area contributed by atoms with E-state index >= 15 is 0 Å². The first kappa shape index (κ1) is 18.6. The van der Waals surface area contributed by atoms with E-state index in [9.17, 15) is 4.79 Å². The summed E-state index contributed by atoms with van der Waals surface area (Å²) in [5, 5.41) is 0. The van der Waals surface area contributed by atoms with Crippen LogP contribution in [0.15, 0.2) is 0 Å². The van der Waals surface area contributed by atoms with Gasteiger partial charge in [0.15, 0.2) is 0 Å². The van der Waals surface area contributed by atoms with Crippen molar-refractivity contribution in [2.24, 2.45) is 46.3 Å². The van der Waals surface area contributed by atoms with Gasteiger partial charge in [0.2, 0.25) is 0 Å². The van der Waals surface area contributed by atoms with Gasteiger partial charge in [-0.1, -0.05) is 27.7 Å². The number of carbonyl (C=O) groups is 1. The normalized spacial score (nSPS) is 51.9. The summed E-state index contributed by atoms with van der Waals surface area (Å²) >= 11 is 0. The molecule has 0 aromatic heterocycles. The fourth-order valence-corrected chi connectivity index (χ4v) is 8.28. The Bertz CT molecular complexity index is 556. The molecule has 8 aliphatic rings. The maximum atomic E-state index is 11.9. The van der Waals surface area contributed by atoms with Crippen molar-refractivity contribution in [2.45, 2.75) is 59.8 Å². The van der Waals surface area contributed by atoms with Crippen LogP contribution in [0.5, 0.6) is 0 Å². The van der Waals surface area contributed by atoms with E-state index in [2.05, 4.69) is 37.5 Å². The van der Waals surface area contributed by atoms with Crippen LogP contribution in [0, 0.1) is 46.3 Å². The summed E-state index contributed by atoms with van der Waals surface area (Å²) in [5.74, 6) is 5.12. The Morgan fingerprint density at radius 1 is 0.741 bits per heavy atom. The molecule has 8 fully saturated rings. The molecule has 2 aliphatic carbocycles. The van der Waals surface area contributed by atoms with Crippen LogP contribution in [0.25, 0.3) is 0 Å². The number of nitrogens with zero attached hydrogens (tertiary/aromatic N) is 2. The summed E-state index contributed by atoms with van der Waals surface area (Å²) in [5.41, 5.74) is 1.21. The molecule has 4 atom stereocenters. The molecule has 6 aliphatic heterocycles. The highest BCUT2D eigenvalue weighted by molar-refractivity contribution is 5.86. The molecule has 3 heteroatoms. The molecule has 2 saturated carbocycles. The third kappa shape index (κ3) is 2.94. The number of ketones is 1. The lowest BCUT2D eigenvalue weighted by Gasteiger charge is -2.60. The average molecular weight is 373 g/mol. The minimum absolute atomic E-state index is 0.388. The van der Waals surface area contributed by atoms with Gasteiger partial charge in [-0.3, -0.25) is 4.79 Å². The van der Waals surface area contributed by atoms with Gasteiger partial charge in [-0.25, -0.2) is 0 Å². The number of carbonyl (C=O) groups excluding carboxylic acids is 1. The van der Waals surface area contributed by atoms with Crippen molar-refractivity contribution in [1.82, 2.24) is 9.80 Å². The van der Waals surface area contributed by atoms with E-state index in [0.717, 1.165) is 42.2 Å². The van der Waals surface area contributed by atoms with Crippen LogP contribution in [0.4, 0.5) is 0 Å². The second kappa shape index (κ2) is 6.29. The predicted molar refractivity (Wildman–Crippen MR) is 109 cm³/mol. The predicted octanol–water partition coefficient (Wildman–Crippen LogP) is 3.93. The Hall–Kier alpha value is -0.410. The molecular weight excluding hydrogens is 332 g/mol. The maximum Gasteiger partial charge on any atom is 0.141 e. The first-order valence-corrected chi connectivity index (χ1v) is 11.8. The van der Waals surface area contributed by atoms with E-state index < -0.39 is 0 Å². The smallest absolute Gasteiger partial charge is 0.141 e. The monoisotopic (exact) mass is 372 g/mol. The molecule has 0 aromatic rings. The van der Waals surface area contributed by atoms with Crippen molar-refractivity contribution in [3.8, 4) is 0 Å². The van der Waals surface area contributed by atoms with E-state index in [4.69, 9.17) is 0 Å². The van der Waals surface area contributed by atoms with Crippen LogP contribution < -0.4 is 0 Å². The Morgan fingerprint density at radius 2 is 1.19 bits per heavy atom. The van der Waals surface area contributed by atoms with Crippen LogP contribution in [-0.2, 0) is 4.79 Å². The summed E-state index contributed by atoms with van der Waals surface area (Å²) in [7, 11) is 0. The Labute approximate surface area is 166 Å². The van der Waals surface area contributed by atoms with Gasteiger partial charge in [0.05, 0.1) is 0 Å². The number of hydrogen-bond donors (Lipinski definition) is 0. The standard InChI is InChI=1S/C12H19NO.C12H21N/c1-8(2)12-3-9-5-13(7-12)6-10(4-12)11(9)14;1-9(2)12-4-10-3-11(5-12)7-13(6-10)8-12/h8-10H,3-7H2,1-2H3;9-11H,3-8H2,1-2H3. The highest BCUT2D eigenvalue weighted by Crippen LogP contribution is 2.54. The van der Waals surface area contributed by atoms with E-state index in [1.807, 2.05) is 0 Å². The zero-order valence-electron chi connectivity index (χ0n) is 18.0. The van der Waals surface area contributed by atoms with Crippen molar-refractivity contribution < 1.29 is 4.79 Å². The molecule has 0 radical (unpaired) electrons. The molecule has 3 nitrogen and oxygen atoms in total. The summed E-state index contributed by atoms with van der Waals surface area (Å²) in [6.45, 7) is 17.2. The van der Waals surface area contributed by atoms with Gasteiger partial charge in [0.25, 0.3) is 0 Å². The first-order valence-electron chi connectivity index (χ1n) is 11.8. The van der Waals surface area contributed by atoms with Gasteiger partial charge >= 0.3 is 0 Å². The van der Waals surface area contributed by atoms with Crippen LogP contribution in [0.1, 0.15) is 59.8 Å². The van der Waals surface area contributed by atoms with Crippen LogP contribution in [0.2, 0.25) is 0 Å². The van der Waals surface area contributed by atoms with Crippen molar-refractivity contribution >= 4 is 5.78 Å². The van der Waals surface area contributed by atoms with Crippen LogP contribution in [0.3, 0.4) is 0 Å². The minimum Gasteiger partial charge on any atom is -0.302 e. The average Bonchev–Trinajstić information content (AvgIpc) is 2.58. The Kier molecular flexibility index (Phi) is 4.34. The second-order valence-electron chi connectivity index (χ2n) is 12.0. The maximum absolute atomic E-state index is 11.9. The molecule has 8 bridgehead atoms. The second-order valence-corrected chi connectivity index (χ2v) is 12.0. The lowest BCUT2D eigenvalue weighted by Crippen LogP contribution is -2.64. The third-order valence-corrected chi connectivity index (χ3v) is 9.68. The molecule has 0 N–H and O–H groups in total. The number of piperidine rings is 6. The fourth-order valence-electron chi connectivity index (χ4n) is 8.28. The molecule has 8 rings (SSSR count). The van der Waals surface area contributed by atoms with Crippen molar-refractivity contribution in [1.29, 1.82) is 0 Å². The molecule has 27 heavy (non-hydrogen) atoms. The van der Waals surface area contributed by atoms with Crippen LogP contribution >= 0.6 is 0 Å². The zero-order valence-corrected chi connectivity index (χ0v) is 18.0. The first-order chi connectivity index (χ1) is 12.8.